The van der Waals surface area contributed by atoms with Crippen molar-refractivity contribution in [2.75, 3.05) is 19.0 Å². The Kier molecular flexibility index (Phi) is 4.61. The summed E-state index contributed by atoms with van der Waals surface area (Å²) in [6.45, 7) is 1.44. The van der Waals surface area contributed by atoms with E-state index < -0.39 is 18.6 Å². The second kappa shape index (κ2) is 5.60. The molecular formula is C10H12ClF3N2O2. The second-order valence-electron chi connectivity index (χ2n) is 3.68. The van der Waals surface area contributed by atoms with Crippen LogP contribution in [0.15, 0.2) is 4.42 Å². The number of aryl methyl sites for hydroxylation is 2. The fourth-order valence-electron chi connectivity index (χ4n) is 1.44. The van der Waals surface area contributed by atoms with Crippen LogP contribution >= 0.6 is 11.6 Å². The SMILES string of the molecule is Cc1nc(C)c(C(=O)N(CCCl)CC(F)(F)F)o1. The molecule has 0 aliphatic carbocycles. The molecule has 0 spiro atoms. The topological polar surface area (TPSA) is 46.3 Å². The monoisotopic (exact) mass is 284 g/mol. The molecule has 1 rings (SSSR count). The number of hydrogen-bond acceptors (Lipinski definition) is 3. The lowest BCUT2D eigenvalue weighted by Gasteiger charge is -2.21. The molecule has 102 valence electrons. The van der Waals surface area contributed by atoms with Crippen LogP contribution in [0.4, 0.5) is 13.2 Å². The summed E-state index contributed by atoms with van der Waals surface area (Å²) in [5, 5.41) is 0. The Labute approximate surface area is 107 Å². The van der Waals surface area contributed by atoms with E-state index in [1.165, 1.54) is 13.8 Å². The van der Waals surface area contributed by atoms with Gasteiger partial charge in [-0.1, -0.05) is 0 Å². The van der Waals surface area contributed by atoms with Crippen molar-refractivity contribution in [2.45, 2.75) is 20.0 Å². The van der Waals surface area contributed by atoms with E-state index in [4.69, 9.17) is 16.0 Å². The number of nitrogens with zero attached hydrogens (tertiary/aromatic N) is 2. The Morgan fingerprint density at radius 3 is 2.44 bits per heavy atom. The fourth-order valence-corrected chi connectivity index (χ4v) is 1.65. The van der Waals surface area contributed by atoms with Crippen LogP contribution in [0.1, 0.15) is 22.1 Å². The zero-order valence-corrected chi connectivity index (χ0v) is 10.6. The lowest BCUT2D eigenvalue weighted by atomic mass is 10.3. The number of rotatable bonds is 4. The third-order valence-corrected chi connectivity index (χ3v) is 2.28. The summed E-state index contributed by atoms with van der Waals surface area (Å²) < 4.78 is 42.0. The largest absolute Gasteiger partial charge is 0.436 e. The lowest BCUT2D eigenvalue weighted by molar-refractivity contribution is -0.140. The number of halogens is 4. The standard InChI is InChI=1S/C10H12ClF3N2O2/c1-6-8(18-7(2)15-6)9(17)16(4-3-11)5-10(12,13)14/h3-5H2,1-2H3. The van der Waals surface area contributed by atoms with E-state index in [9.17, 15) is 18.0 Å². The van der Waals surface area contributed by atoms with Crippen molar-refractivity contribution < 1.29 is 22.4 Å². The van der Waals surface area contributed by atoms with Crippen LogP contribution in [0.5, 0.6) is 0 Å². The van der Waals surface area contributed by atoms with Crippen LogP contribution in [0.3, 0.4) is 0 Å². The van der Waals surface area contributed by atoms with Crippen LogP contribution in [-0.4, -0.2) is 40.9 Å². The summed E-state index contributed by atoms with van der Waals surface area (Å²) in [7, 11) is 0. The minimum atomic E-state index is -4.48. The molecule has 1 heterocycles. The molecule has 0 aromatic carbocycles. The van der Waals surface area contributed by atoms with E-state index >= 15 is 0 Å². The van der Waals surface area contributed by atoms with Gasteiger partial charge in [-0.3, -0.25) is 4.79 Å². The zero-order chi connectivity index (χ0) is 13.9. The molecule has 18 heavy (non-hydrogen) atoms. The molecule has 0 N–H and O–H groups in total. The average molecular weight is 285 g/mol. The number of hydrogen-bond donors (Lipinski definition) is 0. The third-order valence-electron chi connectivity index (χ3n) is 2.11. The van der Waals surface area contributed by atoms with Crippen molar-refractivity contribution >= 4 is 17.5 Å². The molecule has 0 bridgehead atoms. The highest BCUT2D eigenvalue weighted by atomic mass is 35.5. The van der Waals surface area contributed by atoms with Gasteiger partial charge in [0.25, 0.3) is 5.91 Å². The second-order valence-corrected chi connectivity index (χ2v) is 4.06. The van der Waals surface area contributed by atoms with Gasteiger partial charge in [-0.2, -0.15) is 13.2 Å². The Hall–Kier alpha value is -1.24. The third kappa shape index (κ3) is 3.90. The summed E-state index contributed by atoms with van der Waals surface area (Å²) in [6.07, 6.45) is -4.48. The minimum Gasteiger partial charge on any atom is -0.436 e. The number of oxazole rings is 1. The van der Waals surface area contributed by atoms with Gasteiger partial charge in [0.2, 0.25) is 5.76 Å². The fraction of sp³-hybridized carbons (Fsp3) is 0.600. The Morgan fingerprint density at radius 1 is 1.44 bits per heavy atom. The minimum absolute atomic E-state index is 0.0893. The van der Waals surface area contributed by atoms with Gasteiger partial charge in [0.05, 0.1) is 5.69 Å². The smallest absolute Gasteiger partial charge is 0.406 e. The highest BCUT2D eigenvalue weighted by Crippen LogP contribution is 2.19. The highest BCUT2D eigenvalue weighted by Gasteiger charge is 2.34. The summed E-state index contributed by atoms with van der Waals surface area (Å²) in [5.41, 5.74) is 0.263. The van der Waals surface area contributed by atoms with Gasteiger partial charge in [0, 0.05) is 19.3 Å². The van der Waals surface area contributed by atoms with Gasteiger partial charge in [-0.05, 0) is 6.92 Å². The molecule has 0 unspecified atom stereocenters. The van der Waals surface area contributed by atoms with Crippen LogP contribution in [0.2, 0.25) is 0 Å². The van der Waals surface area contributed by atoms with E-state index in [1.54, 1.807) is 0 Å². The van der Waals surface area contributed by atoms with E-state index in [2.05, 4.69) is 4.98 Å². The molecule has 4 nitrogen and oxygen atoms in total. The number of carbonyl (C=O) groups is 1. The predicted molar refractivity (Wildman–Crippen MR) is 58.7 cm³/mol. The van der Waals surface area contributed by atoms with Gasteiger partial charge in [-0.15, -0.1) is 11.6 Å². The van der Waals surface area contributed by atoms with Crippen molar-refractivity contribution in [1.82, 2.24) is 9.88 Å². The average Bonchev–Trinajstić information content (AvgIpc) is 2.54. The van der Waals surface area contributed by atoms with Gasteiger partial charge >= 0.3 is 6.18 Å². The maximum Gasteiger partial charge on any atom is 0.406 e. The summed E-state index contributed by atoms with van der Waals surface area (Å²) >= 11 is 5.39. The van der Waals surface area contributed by atoms with Crippen molar-refractivity contribution in [3.63, 3.8) is 0 Å². The number of amides is 1. The summed E-state index contributed by atoms with van der Waals surface area (Å²) in [4.78, 5) is 16.3. The first-order chi connectivity index (χ1) is 8.24. The molecule has 0 aliphatic heterocycles. The number of carbonyl (C=O) groups excluding carboxylic acids is 1. The number of alkyl halides is 4. The normalized spacial score (nSPS) is 11.7. The molecule has 0 radical (unpaired) electrons. The van der Waals surface area contributed by atoms with Crippen LogP contribution in [0, 0.1) is 13.8 Å². The van der Waals surface area contributed by atoms with Gasteiger partial charge in [-0.25, -0.2) is 4.98 Å². The van der Waals surface area contributed by atoms with E-state index in [0.29, 0.717) is 4.90 Å². The first kappa shape index (κ1) is 14.8. The molecule has 0 saturated heterocycles. The van der Waals surface area contributed by atoms with Gasteiger partial charge < -0.3 is 9.32 Å². The van der Waals surface area contributed by atoms with Crippen molar-refractivity contribution in [1.29, 1.82) is 0 Å². The first-order valence-corrected chi connectivity index (χ1v) is 5.64. The molecule has 1 aromatic rings. The molecule has 0 fully saturated rings. The Balaban J connectivity index is 2.92. The quantitative estimate of drug-likeness (QED) is 0.798. The summed E-state index contributed by atoms with van der Waals surface area (Å²) in [5.74, 6) is -0.893. The Morgan fingerprint density at radius 2 is 2.06 bits per heavy atom. The van der Waals surface area contributed by atoms with Gasteiger partial charge in [0.15, 0.2) is 5.89 Å². The maximum absolute atomic E-state index is 12.3. The van der Waals surface area contributed by atoms with Crippen LogP contribution in [0.25, 0.3) is 0 Å². The van der Waals surface area contributed by atoms with E-state index in [-0.39, 0.29) is 29.8 Å². The zero-order valence-electron chi connectivity index (χ0n) is 9.84. The number of aromatic nitrogens is 1. The molecule has 8 heteroatoms. The molecular weight excluding hydrogens is 273 g/mol. The molecule has 1 aromatic heterocycles. The first-order valence-electron chi connectivity index (χ1n) is 5.10. The van der Waals surface area contributed by atoms with Crippen molar-refractivity contribution in [3.05, 3.63) is 17.3 Å². The van der Waals surface area contributed by atoms with E-state index in [0.717, 1.165) is 0 Å². The lowest BCUT2D eigenvalue weighted by Crippen LogP contribution is -2.40. The van der Waals surface area contributed by atoms with Crippen LogP contribution < -0.4 is 0 Å². The maximum atomic E-state index is 12.3. The van der Waals surface area contributed by atoms with Crippen molar-refractivity contribution in [3.8, 4) is 0 Å². The molecule has 0 atom stereocenters. The molecule has 1 amide bonds. The van der Waals surface area contributed by atoms with E-state index in [1.807, 2.05) is 0 Å². The summed E-state index contributed by atoms with van der Waals surface area (Å²) in [6, 6.07) is 0. The van der Waals surface area contributed by atoms with Crippen molar-refractivity contribution in [2.24, 2.45) is 0 Å². The highest BCUT2D eigenvalue weighted by molar-refractivity contribution is 6.18. The van der Waals surface area contributed by atoms with Crippen LogP contribution in [-0.2, 0) is 0 Å². The molecule has 0 saturated carbocycles. The molecule has 0 aliphatic rings. The predicted octanol–water partition coefficient (Wildman–Crippen LogP) is 2.53. The van der Waals surface area contributed by atoms with Gasteiger partial charge in [0.1, 0.15) is 6.54 Å². The Bertz CT molecular complexity index is 431.